The van der Waals surface area contributed by atoms with E-state index in [4.69, 9.17) is 22.7 Å². The van der Waals surface area contributed by atoms with Gasteiger partial charge in [0, 0.05) is 24.2 Å². The van der Waals surface area contributed by atoms with E-state index in [9.17, 15) is 0 Å². The second-order valence-electron chi connectivity index (χ2n) is 5.43. The largest absolute Gasteiger partial charge is 0.497 e. The molecule has 0 radical (unpaired) electrons. The first-order valence-corrected chi connectivity index (χ1v) is 7.18. The van der Waals surface area contributed by atoms with Gasteiger partial charge in [0.1, 0.15) is 10.7 Å². The summed E-state index contributed by atoms with van der Waals surface area (Å²) in [7, 11) is 1.68. The quantitative estimate of drug-likeness (QED) is 0.863. The second-order valence-corrected chi connectivity index (χ2v) is 5.87. The predicted octanol–water partition coefficient (Wildman–Crippen LogP) is 2.95. The highest BCUT2D eigenvalue weighted by Gasteiger charge is 2.25. The van der Waals surface area contributed by atoms with Crippen molar-refractivity contribution in [2.75, 3.05) is 18.6 Å². The molecule has 2 rings (SSSR count). The fourth-order valence-electron chi connectivity index (χ4n) is 2.71. The van der Waals surface area contributed by atoms with E-state index in [1.54, 1.807) is 7.11 Å². The summed E-state index contributed by atoms with van der Waals surface area (Å²) >= 11 is 5.18. The summed E-state index contributed by atoms with van der Waals surface area (Å²) in [5.41, 5.74) is 7.90. The predicted molar refractivity (Wildman–Crippen MR) is 84.1 cm³/mol. The number of methoxy groups -OCH3 is 1. The van der Waals surface area contributed by atoms with E-state index in [1.165, 1.54) is 12.8 Å². The van der Waals surface area contributed by atoms with E-state index in [-0.39, 0.29) is 0 Å². The molecule has 1 aliphatic heterocycles. The van der Waals surface area contributed by atoms with Crippen molar-refractivity contribution in [1.82, 2.24) is 0 Å². The third-order valence-electron chi connectivity index (χ3n) is 3.90. The van der Waals surface area contributed by atoms with Gasteiger partial charge in [-0.1, -0.05) is 19.1 Å². The van der Waals surface area contributed by atoms with Crippen molar-refractivity contribution in [1.29, 1.82) is 0 Å². The molecule has 0 aliphatic carbocycles. The smallest absolute Gasteiger partial charge is 0.120 e. The molecule has 3 nitrogen and oxygen atoms in total. The number of thiocarbonyl (C=S) groups is 1. The van der Waals surface area contributed by atoms with Crippen LogP contribution in [0.4, 0.5) is 5.69 Å². The molecule has 0 amide bonds. The average molecular weight is 278 g/mol. The van der Waals surface area contributed by atoms with Crippen molar-refractivity contribution in [3.63, 3.8) is 0 Å². The molecule has 0 spiro atoms. The van der Waals surface area contributed by atoms with Crippen LogP contribution in [0.2, 0.25) is 0 Å². The van der Waals surface area contributed by atoms with Gasteiger partial charge < -0.3 is 15.4 Å². The van der Waals surface area contributed by atoms with E-state index in [2.05, 4.69) is 18.7 Å². The number of benzene rings is 1. The topological polar surface area (TPSA) is 38.5 Å². The van der Waals surface area contributed by atoms with Crippen LogP contribution in [0.5, 0.6) is 5.75 Å². The third-order valence-corrected chi connectivity index (χ3v) is 4.12. The fourth-order valence-corrected chi connectivity index (χ4v) is 2.88. The van der Waals surface area contributed by atoms with Crippen molar-refractivity contribution >= 4 is 22.9 Å². The molecule has 104 valence electrons. The van der Waals surface area contributed by atoms with Crippen LogP contribution in [0.25, 0.3) is 0 Å². The summed E-state index contributed by atoms with van der Waals surface area (Å²) in [5.74, 6) is 1.54. The number of piperidine rings is 1. The summed E-state index contributed by atoms with van der Waals surface area (Å²) in [6, 6.07) is 6.43. The molecule has 1 heterocycles. The number of rotatable bonds is 3. The maximum Gasteiger partial charge on any atom is 0.120 e. The zero-order chi connectivity index (χ0) is 14.0. The lowest BCUT2D eigenvalue weighted by Crippen LogP contribution is -2.42. The lowest BCUT2D eigenvalue weighted by molar-refractivity contribution is 0.388. The van der Waals surface area contributed by atoms with E-state index in [1.807, 2.05) is 18.2 Å². The van der Waals surface area contributed by atoms with Gasteiger partial charge in [0.25, 0.3) is 0 Å². The summed E-state index contributed by atoms with van der Waals surface area (Å²) in [6.45, 7) is 5.60. The van der Waals surface area contributed by atoms with E-state index in [0.717, 1.165) is 23.5 Å². The van der Waals surface area contributed by atoms with Crippen LogP contribution in [-0.4, -0.2) is 24.7 Å². The Labute approximate surface area is 120 Å². The van der Waals surface area contributed by atoms with Crippen LogP contribution in [0, 0.1) is 5.92 Å². The zero-order valence-electron chi connectivity index (χ0n) is 11.8. The van der Waals surface area contributed by atoms with E-state index in [0.29, 0.717) is 16.9 Å². The van der Waals surface area contributed by atoms with Crippen molar-refractivity contribution in [3.8, 4) is 5.75 Å². The van der Waals surface area contributed by atoms with Gasteiger partial charge in [-0.2, -0.15) is 0 Å². The number of nitrogens with two attached hydrogens (primary N) is 1. The lowest BCUT2D eigenvalue weighted by Gasteiger charge is -2.39. The zero-order valence-corrected chi connectivity index (χ0v) is 12.7. The highest BCUT2D eigenvalue weighted by Crippen LogP contribution is 2.32. The summed E-state index contributed by atoms with van der Waals surface area (Å²) in [5, 5.41) is 0. The second kappa shape index (κ2) is 5.78. The molecular formula is C15H22N2OS. The van der Waals surface area contributed by atoms with Crippen LogP contribution in [-0.2, 0) is 0 Å². The van der Waals surface area contributed by atoms with Gasteiger partial charge >= 0.3 is 0 Å². The van der Waals surface area contributed by atoms with Crippen molar-refractivity contribution < 1.29 is 4.74 Å². The molecular weight excluding hydrogens is 256 g/mol. The summed E-state index contributed by atoms with van der Waals surface area (Å²) in [6.07, 6.45) is 2.49. The van der Waals surface area contributed by atoms with Gasteiger partial charge in [-0.05, 0) is 37.8 Å². The number of anilines is 1. The van der Waals surface area contributed by atoms with Gasteiger partial charge in [0.15, 0.2) is 0 Å². The molecule has 2 unspecified atom stereocenters. The molecule has 1 fully saturated rings. The van der Waals surface area contributed by atoms with Gasteiger partial charge in [-0.25, -0.2) is 0 Å². The van der Waals surface area contributed by atoms with Gasteiger partial charge in [-0.15, -0.1) is 0 Å². The van der Waals surface area contributed by atoms with Crippen molar-refractivity contribution in [3.05, 3.63) is 23.8 Å². The Morgan fingerprint density at radius 1 is 1.37 bits per heavy atom. The molecule has 0 bridgehead atoms. The van der Waals surface area contributed by atoms with Gasteiger partial charge in [0.2, 0.25) is 0 Å². The standard InChI is InChI=1S/C15H22N2OS/c1-10-4-5-11(2)17(9-10)14-8-12(18-3)6-7-13(14)15(16)19/h6-8,10-11H,4-5,9H2,1-3H3,(H2,16,19). The molecule has 1 saturated heterocycles. The molecule has 0 saturated carbocycles. The number of nitrogens with zero attached hydrogens (tertiary/aromatic N) is 1. The highest BCUT2D eigenvalue weighted by atomic mass is 32.1. The Balaban J connectivity index is 2.42. The Bertz CT molecular complexity index is 475. The van der Waals surface area contributed by atoms with Crippen LogP contribution in [0.15, 0.2) is 18.2 Å². The van der Waals surface area contributed by atoms with E-state index >= 15 is 0 Å². The Morgan fingerprint density at radius 3 is 2.74 bits per heavy atom. The molecule has 1 aromatic rings. The molecule has 2 N–H and O–H groups in total. The monoisotopic (exact) mass is 278 g/mol. The van der Waals surface area contributed by atoms with Crippen LogP contribution in [0.3, 0.4) is 0 Å². The molecule has 1 aliphatic rings. The lowest BCUT2D eigenvalue weighted by atomic mass is 9.93. The summed E-state index contributed by atoms with van der Waals surface area (Å²) in [4.78, 5) is 2.86. The van der Waals surface area contributed by atoms with Crippen LogP contribution in [0.1, 0.15) is 32.3 Å². The average Bonchev–Trinajstić information content (AvgIpc) is 2.40. The SMILES string of the molecule is COc1ccc(C(N)=S)c(N2CC(C)CCC2C)c1. The maximum absolute atomic E-state index is 5.86. The Kier molecular flexibility index (Phi) is 4.30. The maximum atomic E-state index is 5.86. The molecule has 2 atom stereocenters. The first-order chi connectivity index (χ1) is 9.02. The Morgan fingerprint density at radius 2 is 2.11 bits per heavy atom. The third kappa shape index (κ3) is 3.00. The summed E-state index contributed by atoms with van der Waals surface area (Å²) < 4.78 is 5.33. The fraction of sp³-hybridized carbons (Fsp3) is 0.533. The number of hydrogen-bond donors (Lipinski definition) is 1. The van der Waals surface area contributed by atoms with Gasteiger partial charge in [-0.3, -0.25) is 0 Å². The highest BCUT2D eigenvalue weighted by molar-refractivity contribution is 7.80. The first kappa shape index (κ1) is 14.1. The molecule has 4 heteroatoms. The van der Waals surface area contributed by atoms with Crippen LogP contribution < -0.4 is 15.4 Å². The minimum atomic E-state index is 0.447. The van der Waals surface area contributed by atoms with E-state index < -0.39 is 0 Å². The van der Waals surface area contributed by atoms with Crippen molar-refractivity contribution in [2.45, 2.75) is 32.7 Å². The Hall–Kier alpha value is -1.29. The minimum absolute atomic E-state index is 0.447. The minimum Gasteiger partial charge on any atom is -0.497 e. The normalized spacial score (nSPS) is 23.2. The van der Waals surface area contributed by atoms with Crippen LogP contribution >= 0.6 is 12.2 Å². The first-order valence-electron chi connectivity index (χ1n) is 6.77. The number of hydrogen-bond acceptors (Lipinski definition) is 3. The van der Waals surface area contributed by atoms with Crippen molar-refractivity contribution in [2.24, 2.45) is 11.7 Å². The molecule has 19 heavy (non-hydrogen) atoms. The number of ether oxygens (including phenoxy) is 1. The molecule has 0 aromatic heterocycles. The molecule has 1 aromatic carbocycles. The van der Waals surface area contributed by atoms with Gasteiger partial charge in [0.05, 0.1) is 12.8 Å².